The third kappa shape index (κ3) is 2.95. The highest BCUT2D eigenvalue weighted by Crippen LogP contribution is 2.24. The molecule has 2 fully saturated rings. The predicted molar refractivity (Wildman–Crippen MR) is 79.5 cm³/mol. The van der Waals surface area contributed by atoms with Gasteiger partial charge in [-0.2, -0.15) is 0 Å². The van der Waals surface area contributed by atoms with Crippen LogP contribution in [0.15, 0.2) is 18.3 Å². The first-order valence-corrected chi connectivity index (χ1v) is 7.49. The molecule has 0 bridgehead atoms. The first-order valence-electron chi connectivity index (χ1n) is 7.49. The quantitative estimate of drug-likeness (QED) is 0.846. The fraction of sp³-hybridized carbons (Fsp3) is 0.667. The highest BCUT2D eigenvalue weighted by atomic mass is 16.5. The summed E-state index contributed by atoms with van der Waals surface area (Å²) in [6, 6.07) is 4.95. The lowest BCUT2D eigenvalue weighted by Gasteiger charge is -2.38. The van der Waals surface area contributed by atoms with Crippen LogP contribution in [0.1, 0.15) is 18.4 Å². The molecule has 3 atom stereocenters. The topological polar surface area (TPSA) is 63.4 Å². The molecular weight excluding hydrogens is 252 g/mol. The summed E-state index contributed by atoms with van der Waals surface area (Å²) in [6.45, 7) is 3.14. The molecule has 0 spiro atoms. The second-order valence-corrected chi connectivity index (χ2v) is 5.85. The maximum absolute atomic E-state index is 6.10. The van der Waals surface area contributed by atoms with Gasteiger partial charge in [-0.05, 0) is 50.6 Å². The summed E-state index contributed by atoms with van der Waals surface area (Å²) < 4.78 is 6.10. The molecule has 3 rings (SSSR count). The average molecular weight is 276 g/mol. The number of likely N-dealkylation sites (N-methyl/N-ethyl adjacent to an activating group) is 1. The van der Waals surface area contributed by atoms with E-state index in [-0.39, 0.29) is 6.10 Å². The van der Waals surface area contributed by atoms with Crippen LogP contribution in [0.25, 0.3) is 0 Å². The average Bonchev–Trinajstić information content (AvgIpc) is 2.92. The van der Waals surface area contributed by atoms with Crippen LogP contribution in [0.3, 0.4) is 0 Å². The predicted octanol–water partition coefficient (Wildman–Crippen LogP) is 0.657. The standard InChI is InChI=1S/C15H24N4O/c1-17-13(7-11-4-5-18-15(16)8-11)14-9-19-6-2-3-12(19)10-20-14/h4-5,8,12-14,17H,2-3,6-7,9-10H2,1H3,(H2,16,18). The van der Waals surface area contributed by atoms with Crippen LogP contribution in [-0.2, 0) is 11.2 Å². The molecule has 3 N–H and O–H groups in total. The van der Waals surface area contributed by atoms with Crippen molar-refractivity contribution in [1.82, 2.24) is 15.2 Å². The number of aromatic nitrogens is 1. The Morgan fingerprint density at radius 2 is 2.50 bits per heavy atom. The van der Waals surface area contributed by atoms with E-state index in [0.717, 1.165) is 19.6 Å². The monoisotopic (exact) mass is 276 g/mol. The van der Waals surface area contributed by atoms with Gasteiger partial charge in [0.2, 0.25) is 0 Å². The van der Waals surface area contributed by atoms with Gasteiger partial charge in [0.1, 0.15) is 5.82 Å². The molecule has 3 unspecified atom stereocenters. The maximum Gasteiger partial charge on any atom is 0.123 e. The van der Waals surface area contributed by atoms with Gasteiger partial charge in [-0.15, -0.1) is 0 Å². The van der Waals surface area contributed by atoms with Crippen molar-refractivity contribution in [3.8, 4) is 0 Å². The van der Waals surface area contributed by atoms with Gasteiger partial charge in [-0.1, -0.05) is 0 Å². The molecule has 0 amide bonds. The molecule has 2 aliphatic heterocycles. The largest absolute Gasteiger partial charge is 0.384 e. The van der Waals surface area contributed by atoms with Gasteiger partial charge < -0.3 is 15.8 Å². The van der Waals surface area contributed by atoms with E-state index in [4.69, 9.17) is 10.5 Å². The van der Waals surface area contributed by atoms with Gasteiger partial charge in [-0.3, -0.25) is 4.90 Å². The number of hydrogen-bond acceptors (Lipinski definition) is 5. The van der Waals surface area contributed by atoms with Crippen LogP contribution in [0.5, 0.6) is 0 Å². The molecule has 3 heterocycles. The minimum Gasteiger partial charge on any atom is -0.384 e. The fourth-order valence-electron chi connectivity index (χ4n) is 3.38. The zero-order valence-corrected chi connectivity index (χ0v) is 12.1. The number of fused-ring (bicyclic) bond motifs is 1. The summed E-state index contributed by atoms with van der Waals surface area (Å²) >= 11 is 0. The number of morpholine rings is 1. The lowest BCUT2D eigenvalue weighted by atomic mass is 10.00. The number of rotatable bonds is 4. The van der Waals surface area contributed by atoms with Gasteiger partial charge in [0.05, 0.1) is 12.7 Å². The van der Waals surface area contributed by atoms with Gasteiger partial charge in [0.25, 0.3) is 0 Å². The highest BCUT2D eigenvalue weighted by molar-refractivity contribution is 5.32. The Bertz CT molecular complexity index is 453. The van der Waals surface area contributed by atoms with Crippen molar-refractivity contribution in [2.24, 2.45) is 0 Å². The zero-order valence-electron chi connectivity index (χ0n) is 12.1. The molecule has 1 aromatic rings. The van der Waals surface area contributed by atoms with E-state index in [0.29, 0.717) is 17.9 Å². The molecule has 2 aliphatic rings. The summed E-state index contributed by atoms with van der Waals surface area (Å²) in [4.78, 5) is 6.63. The van der Waals surface area contributed by atoms with Crippen LogP contribution in [-0.4, -0.2) is 54.8 Å². The second-order valence-electron chi connectivity index (χ2n) is 5.85. The third-order valence-electron chi connectivity index (χ3n) is 4.54. The minimum absolute atomic E-state index is 0.253. The van der Waals surface area contributed by atoms with E-state index < -0.39 is 0 Å². The molecule has 0 aromatic carbocycles. The van der Waals surface area contributed by atoms with Crippen molar-refractivity contribution >= 4 is 5.82 Å². The van der Waals surface area contributed by atoms with Gasteiger partial charge in [0.15, 0.2) is 0 Å². The molecule has 0 aliphatic carbocycles. The Hall–Kier alpha value is -1.17. The third-order valence-corrected chi connectivity index (χ3v) is 4.54. The van der Waals surface area contributed by atoms with Crippen LogP contribution >= 0.6 is 0 Å². The number of pyridine rings is 1. The Kier molecular flexibility index (Phi) is 4.19. The van der Waals surface area contributed by atoms with E-state index in [9.17, 15) is 0 Å². The first kappa shape index (κ1) is 13.8. The lowest BCUT2D eigenvalue weighted by molar-refractivity contribution is -0.0634. The van der Waals surface area contributed by atoms with Crippen LogP contribution in [0, 0.1) is 0 Å². The molecular formula is C15H24N4O. The summed E-state index contributed by atoms with van der Waals surface area (Å²) in [6.07, 6.45) is 5.55. The highest BCUT2D eigenvalue weighted by Gasteiger charge is 2.35. The molecule has 20 heavy (non-hydrogen) atoms. The van der Waals surface area contributed by atoms with Gasteiger partial charge in [0, 0.05) is 24.8 Å². The van der Waals surface area contributed by atoms with Gasteiger partial charge >= 0.3 is 0 Å². The van der Waals surface area contributed by atoms with Crippen molar-refractivity contribution in [2.45, 2.75) is 37.5 Å². The van der Waals surface area contributed by atoms with E-state index in [1.54, 1.807) is 6.20 Å². The molecule has 5 nitrogen and oxygen atoms in total. The molecule has 110 valence electrons. The molecule has 2 saturated heterocycles. The number of nitrogens with one attached hydrogen (secondary N) is 1. The van der Waals surface area contributed by atoms with Crippen molar-refractivity contribution in [3.63, 3.8) is 0 Å². The molecule has 1 aromatic heterocycles. The molecule has 0 saturated carbocycles. The lowest BCUT2D eigenvalue weighted by Crippen LogP contribution is -2.54. The van der Waals surface area contributed by atoms with Crippen molar-refractivity contribution < 1.29 is 4.74 Å². The number of nitrogens with two attached hydrogens (primary N) is 1. The van der Waals surface area contributed by atoms with Crippen molar-refractivity contribution in [2.75, 3.05) is 32.5 Å². The Balaban J connectivity index is 1.64. The summed E-state index contributed by atoms with van der Waals surface area (Å²) in [5, 5.41) is 3.41. The summed E-state index contributed by atoms with van der Waals surface area (Å²) in [5.41, 5.74) is 6.97. The van der Waals surface area contributed by atoms with Crippen molar-refractivity contribution in [1.29, 1.82) is 0 Å². The smallest absolute Gasteiger partial charge is 0.123 e. The number of anilines is 1. The Morgan fingerprint density at radius 1 is 1.60 bits per heavy atom. The first-order chi connectivity index (χ1) is 9.76. The van der Waals surface area contributed by atoms with E-state index >= 15 is 0 Å². The number of hydrogen-bond donors (Lipinski definition) is 2. The summed E-state index contributed by atoms with van der Waals surface area (Å²) in [5.74, 6) is 0.585. The van der Waals surface area contributed by atoms with E-state index in [2.05, 4.69) is 15.2 Å². The molecule has 0 radical (unpaired) electrons. The van der Waals surface area contributed by atoms with E-state index in [1.807, 2.05) is 19.2 Å². The Labute approximate surface area is 120 Å². The summed E-state index contributed by atoms with van der Waals surface area (Å²) in [7, 11) is 2.01. The molecule has 5 heteroatoms. The second kappa shape index (κ2) is 6.08. The number of nitrogen functional groups attached to an aromatic ring is 1. The number of ether oxygens (including phenoxy) is 1. The van der Waals surface area contributed by atoms with E-state index in [1.165, 1.54) is 24.9 Å². The SMILES string of the molecule is CNC(Cc1ccnc(N)c1)C1CN2CCCC2CO1. The van der Waals surface area contributed by atoms with Crippen LogP contribution in [0.2, 0.25) is 0 Å². The van der Waals surface area contributed by atoms with Crippen LogP contribution < -0.4 is 11.1 Å². The van der Waals surface area contributed by atoms with Gasteiger partial charge in [-0.25, -0.2) is 4.98 Å². The maximum atomic E-state index is 6.10. The minimum atomic E-state index is 0.253. The zero-order chi connectivity index (χ0) is 13.9. The Morgan fingerprint density at radius 3 is 3.30 bits per heavy atom. The van der Waals surface area contributed by atoms with Crippen LogP contribution in [0.4, 0.5) is 5.82 Å². The normalized spacial score (nSPS) is 28.2. The van der Waals surface area contributed by atoms with Crippen molar-refractivity contribution in [3.05, 3.63) is 23.9 Å². The fourth-order valence-corrected chi connectivity index (χ4v) is 3.38. The number of nitrogens with zero attached hydrogens (tertiary/aromatic N) is 2.